The Labute approximate surface area is 115 Å². The molecule has 1 aliphatic heterocycles. The number of carbonyl (C=O) groups excluding carboxylic acids is 2. The van der Waals surface area contributed by atoms with E-state index in [-0.39, 0.29) is 17.9 Å². The highest BCUT2D eigenvalue weighted by molar-refractivity contribution is 7.16. The summed E-state index contributed by atoms with van der Waals surface area (Å²) in [6, 6.07) is 2.64. The Morgan fingerprint density at radius 3 is 2.61 bits per heavy atom. The standard InChI is InChI=1S/C12H15ClN2O2S/c1-6-12(17)15(8(3)11(16)14-6)7(2)9-4-5-10(13)18-9/h4-8H,1-3H3,(H,14,16). The number of thiophene rings is 1. The van der Waals surface area contributed by atoms with E-state index < -0.39 is 12.1 Å². The van der Waals surface area contributed by atoms with Crippen molar-refractivity contribution in [2.45, 2.75) is 38.9 Å². The van der Waals surface area contributed by atoms with Gasteiger partial charge >= 0.3 is 0 Å². The molecule has 2 rings (SSSR count). The summed E-state index contributed by atoms with van der Waals surface area (Å²) in [4.78, 5) is 26.6. The van der Waals surface area contributed by atoms with E-state index in [0.717, 1.165) is 4.88 Å². The van der Waals surface area contributed by atoms with Crippen LogP contribution < -0.4 is 5.32 Å². The summed E-state index contributed by atoms with van der Waals surface area (Å²) in [6.45, 7) is 5.36. The van der Waals surface area contributed by atoms with Gasteiger partial charge in [0.1, 0.15) is 12.1 Å². The maximum absolute atomic E-state index is 12.2. The summed E-state index contributed by atoms with van der Waals surface area (Å²) in [6.07, 6.45) is 0. The molecule has 1 N–H and O–H groups in total. The summed E-state index contributed by atoms with van der Waals surface area (Å²) in [5.74, 6) is -0.171. The monoisotopic (exact) mass is 286 g/mol. The zero-order valence-electron chi connectivity index (χ0n) is 10.4. The van der Waals surface area contributed by atoms with Gasteiger partial charge in [-0.2, -0.15) is 0 Å². The van der Waals surface area contributed by atoms with Gasteiger partial charge in [-0.1, -0.05) is 11.6 Å². The largest absolute Gasteiger partial charge is 0.343 e. The van der Waals surface area contributed by atoms with Gasteiger partial charge in [-0.15, -0.1) is 11.3 Å². The zero-order chi connectivity index (χ0) is 13.4. The fourth-order valence-corrected chi connectivity index (χ4v) is 3.26. The number of hydrogen-bond acceptors (Lipinski definition) is 3. The first kappa shape index (κ1) is 13.4. The Morgan fingerprint density at radius 1 is 1.39 bits per heavy atom. The molecule has 0 aromatic carbocycles. The number of piperazine rings is 1. The van der Waals surface area contributed by atoms with E-state index in [1.54, 1.807) is 24.8 Å². The van der Waals surface area contributed by atoms with E-state index in [0.29, 0.717) is 4.34 Å². The number of amides is 2. The molecule has 0 saturated carbocycles. The molecule has 2 heterocycles. The van der Waals surface area contributed by atoms with Gasteiger partial charge in [0, 0.05) is 4.88 Å². The number of halogens is 1. The molecule has 2 amide bonds. The van der Waals surface area contributed by atoms with Crippen molar-refractivity contribution in [1.82, 2.24) is 10.2 Å². The Bertz CT molecular complexity index is 488. The van der Waals surface area contributed by atoms with Crippen LogP contribution in [-0.4, -0.2) is 28.8 Å². The van der Waals surface area contributed by atoms with Gasteiger partial charge in [0.2, 0.25) is 11.8 Å². The number of nitrogens with zero attached hydrogens (tertiary/aromatic N) is 1. The first-order chi connectivity index (χ1) is 8.41. The predicted octanol–water partition coefficient (Wildman–Crippen LogP) is 2.20. The van der Waals surface area contributed by atoms with Crippen LogP contribution in [0, 0.1) is 0 Å². The Hall–Kier alpha value is -1.07. The average molecular weight is 287 g/mol. The highest BCUT2D eigenvalue weighted by Gasteiger charge is 2.39. The van der Waals surface area contributed by atoms with Gasteiger partial charge in [0.05, 0.1) is 10.4 Å². The van der Waals surface area contributed by atoms with Crippen LogP contribution in [-0.2, 0) is 9.59 Å². The third kappa shape index (κ3) is 2.24. The molecule has 1 aliphatic rings. The molecule has 98 valence electrons. The number of rotatable bonds is 2. The maximum atomic E-state index is 12.2. The molecule has 1 fully saturated rings. The minimum absolute atomic E-state index is 0.0564. The number of nitrogens with one attached hydrogen (secondary N) is 1. The van der Waals surface area contributed by atoms with Gasteiger partial charge in [0.25, 0.3) is 0 Å². The molecular formula is C12H15ClN2O2S. The lowest BCUT2D eigenvalue weighted by Crippen LogP contribution is -2.61. The second-order valence-electron chi connectivity index (χ2n) is 4.47. The predicted molar refractivity (Wildman–Crippen MR) is 71.7 cm³/mol. The van der Waals surface area contributed by atoms with Crippen LogP contribution in [0.5, 0.6) is 0 Å². The second kappa shape index (κ2) is 4.90. The average Bonchev–Trinajstić information content (AvgIpc) is 2.73. The molecule has 0 spiro atoms. The highest BCUT2D eigenvalue weighted by atomic mass is 35.5. The molecule has 0 aliphatic carbocycles. The van der Waals surface area contributed by atoms with Crippen LogP contribution in [0.3, 0.4) is 0 Å². The number of carbonyl (C=O) groups is 2. The quantitative estimate of drug-likeness (QED) is 0.906. The molecule has 0 radical (unpaired) electrons. The highest BCUT2D eigenvalue weighted by Crippen LogP contribution is 2.32. The first-order valence-corrected chi connectivity index (χ1v) is 6.99. The van der Waals surface area contributed by atoms with E-state index in [1.807, 2.05) is 13.0 Å². The van der Waals surface area contributed by atoms with E-state index >= 15 is 0 Å². The third-order valence-electron chi connectivity index (χ3n) is 3.20. The summed E-state index contributed by atoms with van der Waals surface area (Å²) >= 11 is 7.35. The van der Waals surface area contributed by atoms with Gasteiger partial charge in [-0.3, -0.25) is 9.59 Å². The summed E-state index contributed by atoms with van der Waals surface area (Å²) in [7, 11) is 0. The van der Waals surface area contributed by atoms with Crippen LogP contribution in [0.1, 0.15) is 31.7 Å². The van der Waals surface area contributed by atoms with Gasteiger partial charge in [-0.05, 0) is 32.9 Å². The van der Waals surface area contributed by atoms with Gasteiger partial charge in [-0.25, -0.2) is 0 Å². The van der Waals surface area contributed by atoms with Crippen molar-refractivity contribution in [1.29, 1.82) is 0 Å². The van der Waals surface area contributed by atoms with Gasteiger partial charge in [0.15, 0.2) is 0 Å². The molecular weight excluding hydrogens is 272 g/mol. The lowest BCUT2D eigenvalue weighted by molar-refractivity contribution is -0.150. The van der Waals surface area contributed by atoms with Crippen LogP contribution in [0.15, 0.2) is 12.1 Å². The molecule has 4 nitrogen and oxygen atoms in total. The van der Waals surface area contributed by atoms with Crippen molar-refractivity contribution in [3.63, 3.8) is 0 Å². The molecule has 1 aromatic rings. The van der Waals surface area contributed by atoms with Crippen LogP contribution in [0.4, 0.5) is 0 Å². The van der Waals surface area contributed by atoms with E-state index in [1.165, 1.54) is 11.3 Å². The Morgan fingerprint density at radius 2 is 2.06 bits per heavy atom. The molecule has 3 atom stereocenters. The number of hydrogen-bond donors (Lipinski definition) is 1. The molecule has 3 unspecified atom stereocenters. The Kier molecular flexibility index (Phi) is 3.64. The minimum Gasteiger partial charge on any atom is -0.343 e. The zero-order valence-corrected chi connectivity index (χ0v) is 12.0. The topological polar surface area (TPSA) is 49.4 Å². The van der Waals surface area contributed by atoms with Gasteiger partial charge < -0.3 is 10.2 Å². The van der Waals surface area contributed by atoms with Crippen LogP contribution in [0.2, 0.25) is 4.34 Å². The second-order valence-corrected chi connectivity index (χ2v) is 6.22. The summed E-state index contributed by atoms with van der Waals surface area (Å²) in [5.41, 5.74) is 0. The lowest BCUT2D eigenvalue weighted by atomic mass is 10.1. The smallest absolute Gasteiger partial charge is 0.246 e. The van der Waals surface area contributed by atoms with Crippen LogP contribution >= 0.6 is 22.9 Å². The third-order valence-corrected chi connectivity index (χ3v) is 4.60. The van der Waals surface area contributed by atoms with E-state index in [2.05, 4.69) is 5.32 Å². The van der Waals surface area contributed by atoms with Crippen molar-refractivity contribution in [2.75, 3.05) is 0 Å². The van der Waals surface area contributed by atoms with E-state index in [4.69, 9.17) is 11.6 Å². The fourth-order valence-electron chi connectivity index (χ4n) is 2.15. The van der Waals surface area contributed by atoms with E-state index in [9.17, 15) is 9.59 Å². The molecule has 18 heavy (non-hydrogen) atoms. The summed E-state index contributed by atoms with van der Waals surface area (Å²) < 4.78 is 0.687. The Balaban J connectivity index is 2.29. The molecule has 6 heteroatoms. The van der Waals surface area contributed by atoms with Crippen molar-refractivity contribution >= 4 is 34.8 Å². The lowest BCUT2D eigenvalue weighted by Gasteiger charge is -2.39. The van der Waals surface area contributed by atoms with Crippen molar-refractivity contribution in [2.24, 2.45) is 0 Å². The minimum atomic E-state index is -0.466. The molecule has 1 aromatic heterocycles. The SMILES string of the molecule is CC1NC(=O)C(C)N(C(C)c2ccc(Cl)s2)C1=O. The van der Waals surface area contributed by atoms with Crippen molar-refractivity contribution in [3.8, 4) is 0 Å². The maximum Gasteiger partial charge on any atom is 0.246 e. The first-order valence-electron chi connectivity index (χ1n) is 5.79. The summed E-state index contributed by atoms with van der Waals surface area (Å²) in [5, 5.41) is 2.67. The fraction of sp³-hybridized carbons (Fsp3) is 0.500. The van der Waals surface area contributed by atoms with Crippen LogP contribution in [0.25, 0.3) is 0 Å². The van der Waals surface area contributed by atoms with Crippen molar-refractivity contribution < 1.29 is 9.59 Å². The molecule has 1 saturated heterocycles. The molecule has 0 bridgehead atoms. The van der Waals surface area contributed by atoms with Crippen molar-refractivity contribution in [3.05, 3.63) is 21.3 Å². The normalized spacial score (nSPS) is 26.1.